The van der Waals surface area contributed by atoms with Crippen molar-refractivity contribution in [2.24, 2.45) is 11.7 Å². The maximum absolute atomic E-state index is 6.15. The average molecular weight is 282 g/mol. The fourth-order valence-electron chi connectivity index (χ4n) is 3.80. The van der Waals surface area contributed by atoms with Gasteiger partial charge in [-0.1, -0.05) is 50.2 Å². The Balaban J connectivity index is 1.94. The SMILES string of the molecule is CC(C)C1CCCN1C(CN)c1ccc2ccccc2c1. The van der Waals surface area contributed by atoms with Gasteiger partial charge in [-0.05, 0) is 47.7 Å². The van der Waals surface area contributed by atoms with Crippen molar-refractivity contribution in [1.29, 1.82) is 0 Å². The van der Waals surface area contributed by atoms with Crippen LogP contribution in [0, 0.1) is 5.92 Å². The summed E-state index contributed by atoms with van der Waals surface area (Å²) in [4.78, 5) is 2.63. The summed E-state index contributed by atoms with van der Waals surface area (Å²) in [7, 11) is 0. The Kier molecular flexibility index (Phi) is 4.27. The summed E-state index contributed by atoms with van der Waals surface area (Å²) in [5, 5.41) is 2.62. The molecule has 3 rings (SSSR count). The first-order chi connectivity index (χ1) is 10.2. The molecule has 112 valence electrons. The largest absolute Gasteiger partial charge is 0.329 e. The van der Waals surface area contributed by atoms with Crippen molar-refractivity contribution < 1.29 is 0 Å². The maximum Gasteiger partial charge on any atom is 0.0473 e. The van der Waals surface area contributed by atoms with Crippen LogP contribution in [0.5, 0.6) is 0 Å². The van der Waals surface area contributed by atoms with E-state index in [-0.39, 0.29) is 0 Å². The second kappa shape index (κ2) is 6.17. The van der Waals surface area contributed by atoms with E-state index in [1.165, 1.54) is 35.7 Å². The molecule has 1 aliphatic heterocycles. The molecule has 2 heteroatoms. The first-order valence-electron chi connectivity index (χ1n) is 8.15. The highest BCUT2D eigenvalue weighted by atomic mass is 15.2. The molecule has 0 amide bonds. The van der Waals surface area contributed by atoms with Gasteiger partial charge in [0.05, 0.1) is 0 Å². The molecule has 2 nitrogen and oxygen atoms in total. The topological polar surface area (TPSA) is 29.3 Å². The summed E-state index contributed by atoms with van der Waals surface area (Å²) in [6.45, 7) is 6.53. The number of hydrogen-bond acceptors (Lipinski definition) is 2. The molecule has 0 bridgehead atoms. The van der Waals surface area contributed by atoms with Crippen molar-refractivity contribution in [3.63, 3.8) is 0 Å². The molecule has 2 N–H and O–H groups in total. The van der Waals surface area contributed by atoms with E-state index in [1.54, 1.807) is 0 Å². The second-order valence-electron chi connectivity index (χ2n) is 6.55. The number of rotatable bonds is 4. The minimum atomic E-state index is 0.351. The van der Waals surface area contributed by atoms with Gasteiger partial charge in [-0.25, -0.2) is 0 Å². The van der Waals surface area contributed by atoms with Crippen LogP contribution in [0.3, 0.4) is 0 Å². The Morgan fingerprint density at radius 1 is 1.14 bits per heavy atom. The summed E-state index contributed by atoms with van der Waals surface area (Å²) in [5.74, 6) is 0.696. The van der Waals surface area contributed by atoms with Crippen LogP contribution in [0.25, 0.3) is 10.8 Å². The molecule has 2 aromatic rings. The third kappa shape index (κ3) is 2.83. The number of nitrogens with two attached hydrogens (primary N) is 1. The van der Waals surface area contributed by atoms with Crippen molar-refractivity contribution in [1.82, 2.24) is 4.90 Å². The van der Waals surface area contributed by atoms with Crippen LogP contribution in [-0.4, -0.2) is 24.0 Å². The molecule has 0 radical (unpaired) electrons. The van der Waals surface area contributed by atoms with Gasteiger partial charge in [0.1, 0.15) is 0 Å². The Labute approximate surface area is 127 Å². The van der Waals surface area contributed by atoms with Gasteiger partial charge in [0, 0.05) is 18.6 Å². The quantitative estimate of drug-likeness (QED) is 0.919. The first-order valence-corrected chi connectivity index (χ1v) is 8.15. The smallest absolute Gasteiger partial charge is 0.0473 e. The lowest BCUT2D eigenvalue weighted by atomic mass is 9.97. The summed E-state index contributed by atoms with van der Waals surface area (Å²) >= 11 is 0. The van der Waals surface area contributed by atoms with E-state index in [0.717, 1.165) is 0 Å². The Morgan fingerprint density at radius 2 is 1.90 bits per heavy atom. The predicted molar refractivity (Wildman–Crippen MR) is 90.3 cm³/mol. The standard InChI is InChI=1S/C19H26N2/c1-14(2)18-8-5-11-21(18)19(13-20)17-10-9-15-6-3-4-7-16(15)12-17/h3-4,6-7,9-10,12,14,18-19H,5,8,11,13,20H2,1-2H3. The first kappa shape index (κ1) is 14.6. The van der Waals surface area contributed by atoms with Crippen LogP contribution < -0.4 is 5.73 Å². The van der Waals surface area contributed by atoms with E-state index < -0.39 is 0 Å². The molecule has 2 atom stereocenters. The number of nitrogens with zero attached hydrogens (tertiary/aromatic N) is 1. The molecule has 1 heterocycles. The summed E-state index contributed by atoms with van der Waals surface area (Å²) in [5.41, 5.74) is 7.51. The van der Waals surface area contributed by atoms with Crippen molar-refractivity contribution in [2.45, 2.75) is 38.8 Å². The minimum absolute atomic E-state index is 0.351. The molecule has 2 unspecified atom stereocenters. The van der Waals surface area contributed by atoms with Crippen LogP contribution >= 0.6 is 0 Å². The van der Waals surface area contributed by atoms with Crippen molar-refractivity contribution in [3.05, 3.63) is 48.0 Å². The summed E-state index contributed by atoms with van der Waals surface area (Å²) in [6, 6.07) is 16.4. The van der Waals surface area contributed by atoms with Gasteiger partial charge in [-0.2, -0.15) is 0 Å². The van der Waals surface area contributed by atoms with Gasteiger partial charge in [-0.3, -0.25) is 4.90 Å². The molecule has 0 aromatic heterocycles. The summed E-state index contributed by atoms with van der Waals surface area (Å²) < 4.78 is 0. The fourth-order valence-corrected chi connectivity index (χ4v) is 3.80. The number of hydrogen-bond donors (Lipinski definition) is 1. The monoisotopic (exact) mass is 282 g/mol. The second-order valence-corrected chi connectivity index (χ2v) is 6.55. The highest BCUT2D eigenvalue weighted by molar-refractivity contribution is 5.83. The van der Waals surface area contributed by atoms with Gasteiger partial charge in [0.2, 0.25) is 0 Å². The van der Waals surface area contributed by atoms with E-state index in [2.05, 4.69) is 61.2 Å². The van der Waals surface area contributed by atoms with Gasteiger partial charge < -0.3 is 5.73 Å². The zero-order valence-electron chi connectivity index (χ0n) is 13.1. The third-order valence-electron chi connectivity index (χ3n) is 4.89. The lowest BCUT2D eigenvalue weighted by Crippen LogP contribution is -2.39. The van der Waals surface area contributed by atoms with Crippen LogP contribution in [0.15, 0.2) is 42.5 Å². The zero-order valence-corrected chi connectivity index (χ0v) is 13.1. The average Bonchev–Trinajstić information content (AvgIpc) is 2.97. The normalized spacial score (nSPS) is 21.2. The summed E-state index contributed by atoms with van der Waals surface area (Å²) in [6.07, 6.45) is 2.61. The highest BCUT2D eigenvalue weighted by Gasteiger charge is 2.32. The molecule has 1 aliphatic rings. The number of fused-ring (bicyclic) bond motifs is 1. The molecule has 1 fully saturated rings. The molecule has 21 heavy (non-hydrogen) atoms. The van der Waals surface area contributed by atoms with E-state index in [1.807, 2.05) is 0 Å². The van der Waals surface area contributed by atoms with Gasteiger partial charge in [0.25, 0.3) is 0 Å². The molecular weight excluding hydrogens is 256 g/mol. The van der Waals surface area contributed by atoms with Gasteiger partial charge in [0.15, 0.2) is 0 Å². The highest BCUT2D eigenvalue weighted by Crippen LogP contribution is 2.33. The van der Waals surface area contributed by atoms with Crippen LogP contribution in [0.2, 0.25) is 0 Å². The minimum Gasteiger partial charge on any atom is -0.329 e. The number of benzene rings is 2. The van der Waals surface area contributed by atoms with E-state index >= 15 is 0 Å². The predicted octanol–water partition coefficient (Wildman–Crippen LogP) is 3.96. The molecule has 1 saturated heterocycles. The maximum atomic E-state index is 6.15. The molecule has 0 aliphatic carbocycles. The van der Waals surface area contributed by atoms with Crippen molar-refractivity contribution in [2.75, 3.05) is 13.1 Å². The Hall–Kier alpha value is -1.38. The third-order valence-corrected chi connectivity index (χ3v) is 4.89. The zero-order chi connectivity index (χ0) is 14.8. The molecule has 0 spiro atoms. The van der Waals surface area contributed by atoms with Crippen LogP contribution in [0.1, 0.15) is 38.3 Å². The van der Waals surface area contributed by atoms with E-state index in [9.17, 15) is 0 Å². The van der Waals surface area contributed by atoms with Crippen LogP contribution in [0.4, 0.5) is 0 Å². The molecule has 2 aromatic carbocycles. The molecular formula is C19H26N2. The van der Waals surface area contributed by atoms with Crippen molar-refractivity contribution >= 4 is 10.8 Å². The van der Waals surface area contributed by atoms with Crippen LogP contribution in [-0.2, 0) is 0 Å². The Bertz CT molecular complexity index is 605. The van der Waals surface area contributed by atoms with Gasteiger partial charge in [-0.15, -0.1) is 0 Å². The number of likely N-dealkylation sites (tertiary alicyclic amines) is 1. The molecule has 0 saturated carbocycles. The van der Waals surface area contributed by atoms with E-state index in [0.29, 0.717) is 24.5 Å². The van der Waals surface area contributed by atoms with Crippen molar-refractivity contribution in [3.8, 4) is 0 Å². The Morgan fingerprint density at radius 3 is 2.62 bits per heavy atom. The lowest BCUT2D eigenvalue weighted by molar-refractivity contribution is 0.149. The lowest BCUT2D eigenvalue weighted by Gasteiger charge is -2.35. The fraction of sp³-hybridized carbons (Fsp3) is 0.474. The van der Waals surface area contributed by atoms with Gasteiger partial charge >= 0.3 is 0 Å². The van der Waals surface area contributed by atoms with E-state index in [4.69, 9.17) is 5.73 Å².